The summed E-state index contributed by atoms with van der Waals surface area (Å²) in [4.78, 5) is 12.4. The van der Waals surface area contributed by atoms with Gasteiger partial charge in [-0.2, -0.15) is 0 Å². The highest BCUT2D eigenvalue weighted by atomic mass is 32.2. The summed E-state index contributed by atoms with van der Waals surface area (Å²) < 4.78 is 22.8. The summed E-state index contributed by atoms with van der Waals surface area (Å²) in [6.07, 6.45) is 2.46. The number of hydrogen-bond donors (Lipinski definition) is 2. The molecule has 118 valence electrons. The normalized spacial score (nSPS) is 12.2. The van der Waals surface area contributed by atoms with Crippen LogP contribution in [-0.4, -0.2) is 19.9 Å². The zero-order valence-corrected chi connectivity index (χ0v) is 13.9. The Bertz CT molecular complexity index is 612. The Kier molecular flexibility index (Phi) is 5.53. The fourth-order valence-electron chi connectivity index (χ4n) is 2.35. The Morgan fingerprint density at radius 1 is 1.19 bits per heavy atom. The fraction of sp³-hybridized carbons (Fsp3) is 0.533. The molecular formula is C15H24N2O3S. The van der Waals surface area contributed by atoms with Gasteiger partial charge in [0.2, 0.25) is 10.0 Å². The highest BCUT2D eigenvalue weighted by Gasteiger charge is 2.27. The number of primary sulfonamides is 1. The Morgan fingerprint density at radius 3 is 2.14 bits per heavy atom. The van der Waals surface area contributed by atoms with Crippen molar-refractivity contribution in [2.75, 3.05) is 0 Å². The van der Waals surface area contributed by atoms with Crippen LogP contribution in [0.5, 0.6) is 0 Å². The summed E-state index contributed by atoms with van der Waals surface area (Å²) in [5.74, 6) is -0.261. The standard InChI is InChI=1S/C15H24N2O3S/c1-5-15(6-2,7-3)17-14(18)13-10-12(21(16,19)20)9-8-11(13)4/h8-10H,5-7H2,1-4H3,(H,17,18)(H2,16,19,20). The van der Waals surface area contributed by atoms with Gasteiger partial charge in [0.05, 0.1) is 4.90 Å². The molecule has 0 atom stereocenters. The number of rotatable bonds is 6. The Labute approximate surface area is 127 Å². The molecule has 1 aromatic rings. The van der Waals surface area contributed by atoms with Crippen molar-refractivity contribution in [2.24, 2.45) is 5.14 Å². The molecule has 0 aliphatic carbocycles. The van der Waals surface area contributed by atoms with E-state index in [4.69, 9.17) is 5.14 Å². The lowest BCUT2D eigenvalue weighted by Crippen LogP contribution is -2.47. The third-order valence-electron chi connectivity index (χ3n) is 4.19. The maximum Gasteiger partial charge on any atom is 0.252 e. The van der Waals surface area contributed by atoms with Gasteiger partial charge in [-0.05, 0) is 43.9 Å². The molecule has 0 radical (unpaired) electrons. The van der Waals surface area contributed by atoms with E-state index in [1.54, 1.807) is 13.0 Å². The Morgan fingerprint density at radius 2 is 1.71 bits per heavy atom. The number of carbonyl (C=O) groups excluding carboxylic acids is 1. The van der Waals surface area contributed by atoms with Crippen molar-refractivity contribution in [3.8, 4) is 0 Å². The maximum atomic E-state index is 12.5. The molecule has 5 nitrogen and oxygen atoms in total. The highest BCUT2D eigenvalue weighted by molar-refractivity contribution is 7.89. The number of carbonyl (C=O) groups is 1. The van der Waals surface area contributed by atoms with Gasteiger partial charge in [-0.1, -0.05) is 26.8 Å². The maximum absolute atomic E-state index is 12.5. The van der Waals surface area contributed by atoms with Gasteiger partial charge in [-0.25, -0.2) is 13.6 Å². The van der Waals surface area contributed by atoms with Gasteiger partial charge in [0.1, 0.15) is 0 Å². The van der Waals surface area contributed by atoms with E-state index < -0.39 is 10.0 Å². The number of sulfonamides is 1. The molecule has 0 bridgehead atoms. The van der Waals surface area contributed by atoms with E-state index in [1.807, 2.05) is 20.8 Å². The number of nitrogens with one attached hydrogen (secondary N) is 1. The molecular weight excluding hydrogens is 288 g/mol. The first-order chi connectivity index (χ1) is 9.69. The summed E-state index contributed by atoms with van der Waals surface area (Å²) in [7, 11) is -3.82. The van der Waals surface area contributed by atoms with Crippen molar-refractivity contribution in [1.82, 2.24) is 5.32 Å². The van der Waals surface area contributed by atoms with E-state index in [-0.39, 0.29) is 16.3 Å². The van der Waals surface area contributed by atoms with E-state index in [2.05, 4.69) is 5.32 Å². The topological polar surface area (TPSA) is 89.3 Å². The molecule has 1 rings (SSSR count). The largest absolute Gasteiger partial charge is 0.347 e. The van der Waals surface area contributed by atoms with Crippen LogP contribution in [0.2, 0.25) is 0 Å². The molecule has 6 heteroatoms. The first kappa shape index (κ1) is 17.7. The molecule has 0 saturated carbocycles. The quantitative estimate of drug-likeness (QED) is 0.845. The fourth-order valence-corrected chi connectivity index (χ4v) is 2.89. The number of amides is 1. The molecule has 0 aliphatic heterocycles. The van der Waals surface area contributed by atoms with Crippen LogP contribution in [0.1, 0.15) is 56.0 Å². The lowest BCUT2D eigenvalue weighted by Gasteiger charge is -2.32. The first-order valence-corrected chi connectivity index (χ1v) is 8.69. The zero-order valence-electron chi connectivity index (χ0n) is 13.1. The second-order valence-corrected chi connectivity index (χ2v) is 6.88. The number of aryl methyl sites for hydroxylation is 1. The van der Waals surface area contributed by atoms with Gasteiger partial charge in [-0.3, -0.25) is 4.79 Å². The van der Waals surface area contributed by atoms with Crippen molar-refractivity contribution in [1.29, 1.82) is 0 Å². The predicted molar refractivity (Wildman–Crippen MR) is 83.6 cm³/mol. The Hall–Kier alpha value is -1.40. The van der Waals surface area contributed by atoms with E-state index in [9.17, 15) is 13.2 Å². The Balaban J connectivity index is 3.19. The highest BCUT2D eigenvalue weighted by Crippen LogP contribution is 2.21. The van der Waals surface area contributed by atoms with Crippen LogP contribution in [-0.2, 0) is 10.0 Å². The van der Waals surface area contributed by atoms with Gasteiger partial charge >= 0.3 is 0 Å². The van der Waals surface area contributed by atoms with Crippen molar-refractivity contribution < 1.29 is 13.2 Å². The predicted octanol–water partition coefficient (Wildman–Crippen LogP) is 2.34. The number of hydrogen-bond acceptors (Lipinski definition) is 3. The van der Waals surface area contributed by atoms with E-state index >= 15 is 0 Å². The van der Waals surface area contributed by atoms with Crippen LogP contribution in [0.4, 0.5) is 0 Å². The van der Waals surface area contributed by atoms with Gasteiger partial charge in [0, 0.05) is 11.1 Å². The molecule has 0 fully saturated rings. The minimum absolute atomic E-state index is 0.0478. The van der Waals surface area contributed by atoms with Gasteiger partial charge in [0.15, 0.2) is 0 Å². The van der Waals surface area contributed by atoms with Crippen LogP contribution in [0.25, 0.3) is 0 Å². The minimum atomic E-state index is -3.82. The van der Waals surface area contributed by atoms with Crippen LogP contribution in [0.15, 0.2) is 23.1 Å². The zero-order chi connectivity index (χ0) is 16.3. The monoisotopic (exact) mass is 312 g/mol. The third kappa shape index (κ3) is 4.04. The molecule has 21 heavy (non-hydrogen) atoms. The van der Waals surface area contributed by atoms with E-state index in [1.165, 1.54) is 12.1 Å². The summed E-state index contributed by atoms with van der Waals surface area (Å²) in [6, 6.07) is 4.35. The van der Waals surface area contributed by atoms with Gasteiger partial charge in [0.25, 0.3) is 5.91 Å². The smallest absolute Gasteiger partial charge is 0.252 e. The van der Waals surface area contributed by atoms with Gasteiger partial charge in [-0.15, -0.1) is 0 Å². The lowest BCUT2D eigenvalue weighted by molar-refractivity contribution is 0.0887. The summed E-state index contributed by atoms with van der Waals surface area (Å²) in [5, 5.41) is 8.16. The number of benzene rings is 1. The van der Waals surface area contributed by atoms with Crippen LogP contribution in [0, 0.1) is 6.92 Å². The van der Waals surface area contributed by atoms with Crippen LogP contribution < -0.4 is 10.5 Å². The molecule has 0 heterocycles. The van der Waals surface area contributed by atoms with E-state index in [0.717, 1.165) is 24.8 Å². The van der Waals surface area contributed by atoms with Crippen molar-refractivity contribution in [2.45, 2.75) is 57.4 Å². The lowest BCUT2D eigenvalue weighted by atomic mass is 9.89. The van der Waals surface area contributed by atoms with E-state index in [0.29, 0.717) is 5.56 Å². The number of nitrogens with two attached hydrogens (primary N) is 1. The van der Waals surface area contributed by atoms with Crippen molar-refractivity contribution in [3.63, 3.8) is 0 Å². The minimum Gasteiger partial charge on any atom is -0.347 e. The second kappa shape index (κ2) is 6.58. The molecule has 1 aromatic carbocycles. The van der Waals surface area contributed by atoms with Crippen molar-refractivity contribution >= 4 is 15.9 Å². The third-order valence-corrected chi connectivity index (χ3v) is 5.10. The van der Waals surface area contributed by atoms with Crippen molar-refractivity contribution in [3.05, 3.63) is 29.3 Å². The molecule has 3 N–H and O–H groups in total. The van der Waals surface area contributed by atoms with Crippen LogP contribution >= 0.6 is 0 Å². The molecule has 0 saturated heterocycles. The average molecular weight is 312 g/mol. The SMILES string of the molecule is CCC(CC)(CC)NC(=O)c1cc(S(N)(=O)=O)ccc1C. The summed E-state index contributed by atoms with van der Waals surface area (Å²) in [5.41, 5.74) is 0.805. The summed E-state index contributed by atoms with van der Waals surface area (Å²) >= 11 is 0. The van der Waals surface area contributed by atoms with Gasteiger partial charge < -0.3 is 5.32 Å². The molecule has 0 unspecified atom stereocenters. The molecule has 0 aliphatic rings. The molecule has 0 spiro atoms. The second-order valence-electron chi connectivity index (χ2n) is 5.32. The first-order valence-electron chi connectivity index (χ1n) is 7.15. The molecule has 0 aromatic heterocycles. The molecule has 1 amide bonds. The summed E-state index contributed by atoms with van der Waals surface area (Å²) in [6.45, 7) is 7.86. The average Bonchev–Trinajstić information content (AvgIpc) is 2.44. The van der Waals surface area contributed by atoms with Crippen LogP contribution in [0.3, 0.4) is 0 Å².